The van der Waals surface area contributed by atoms with Crippen molar-refractivity contribution >= 4 is 23.4 Å². The van der Waals surface area contributed by atoms with Crippen molar-refractivity contribution < 1.29 is 9.53 Å². The van der Waals surface area contributed by atoms with Crippen LogP contribution in [0.3, 0.4) is 0 Å². The van der Waals surface area contributed by atoms with Crippen LogP contribution < -0.4 is 11.1 Å². The van der Waals surface area contributed by atoms with Crippen molar-refractivity contribution in [2.75, 3.05) is 31.6 Å². The minimum atomic E-state index is -0.656. The number of aryl methyl sites for hydroxylation is 1. The molecule has 0 radical (unpaired) electrons. The van der Waals surface area contributed by atoms with E-state index in [2.05, 4.69) is 25.5 Å². The lowest BCUT2D eigenvalue weighted by Gasteiger charge is -2.29. The van der Waals surface area contributed by atoms with Gasteiger partial charge in [-0.15, -0.1) is 5.10 Å². The fourth-order valence-corrected chi connectivity index (χ4v) is 2.81. The second kappa shape index (κ2) is 5.60. The summed E-state index contributed by atoms with van der Waals surface area (Å²) in [7, 11) is 0. The van der Waals surface area contributed by atoms with E-state index in [9.17, 15) is 4.79 Å². The number of rotatable bonds is 1. The van der Waals surface area contributed by atoms with Gasteiger partial charge < -0.3 is 20.7 Å². The van der Waals surface area contributed by atoms with E-state index < -0.39 is 5.91 Å². The number of benzene rings is 1. The lowest BCUT2D eigenvalue weighted by Crippen LogP contribution is -2.43. The number of nitrogens with zero attached hydrogens (tertiary/aromatic N) is 5. The van der Waals surface area contributed by atoms with Crippen LogP contribution in [0.4, 0.5) is 11.5 Å². The predicted molar refractivity (Wildman–Crippen MR) is 87.7 cm³/mol. The number of carbonyl (C=O) groups excluding carboxylic acids is 1. The van der Waals surface area contributed by atoms with E-state index in [1.165, 1.54) is 4.68 Å². The van der Waals surface area contributed by atoms with Gasteiger partial charge in [-0.05, 0) is 24.6 Å². The molecule has 1 amide bonds. The third-order valence-electron chi connectivity index (χ3n) is 4.03. The number of nitrogens with one attached hydrogen (secondary N) is 1. The molecule has 1 fully saturated rings. The zero-order valence-electron chi connectivity index (χ0n) is 13.2. The van der Waals surface area contributed by atoms with Gasteiger partial charge in [-0.2, -0.15) is 9.67 Å². The summed E-state index contributed by atoms with van der Waals surface area (Å²) in [5, 5.41) is 11.3. The molecule has 124 valence electrons. The molecule has 1 aromatic carbocycles. The number of ether oxygens (including phenoxy) is 1. The number of morpholine rings is 1. The van der Waals surface area contributed by atoms with Crippen molar-refractivity contribution in [3.63, 3.8) is 0 Å². The molecule has 24 heavy (non-hydrogen) atoms. The van der Waals surface area contributed by atoms with E-state index in [-0.39, 0.29) is 5.69 Å². The van der Waals surface area contributed by atoms with E-state index >= 15 is 0 Å². The molecule has 0 atom stereocenters. The van der Waals surface area contributed by atoms with E-state index in [0.29, 0.717) is 38.1 Å². The van der Waals surface area contributed by atoms with Gasteiger partial charge in [-0.25, -0.2) is 0 Å². The first-order valence-electron chi connectivity index (χ1n) is 7.68. The molecule has 3 N–H and O–H groups in total. The van der Waals surface area contributed by atoms with Crippen molar-refractivity contribution in [2.24, 2.45) is 10.7 Å². The van der Waals surface area contributed by atoms with Gasteiger partial charge in [0.05, 0.1) is 24.6 Å². The van der Waals surface area contributed by atoms with E-state index in [1.54, 1.807) is 0 Å². The summed E-state index contributed by atoms with van der Waals surface area (Å²) in [4.78, 5) is 18.4. The molecule has 2 aliphatic rings. The molecule has 3 heterocycles. The van der Waals surface area contributed by atoms with Crippen LogP contribution in [0.15, 0.2) is 23.2 Å². The topological polar surface area (TPSA) is 111 Å². The maximum absolute atomic E-state index is 11.7. The number of aromatic nitrogens is 3. The van der Waals surface area contributed by atoms with Crippen LogP contribution in [0.25, 0.3) is 5.69 Å². The van der Waals surface area contributed by atoms with Gasteiger partial charge in [-0.1, -0.05) is 11.3 Å². The number of primary amides is 1. The van der Waals surface area contributed by atoms with Crippen molar-refractivity contribution in [3.05, 3.63) is 29.5 Å². The highest BCUT2D eigenvalue weighted by Crippen LogP contribution is 2.31. The molecule has 0 aliphatic carbocycles. The molecule has 0 unspecified atom stereocenters. The van der Waals surface area contributed by atoms with E-state index in [4.69, 9.17) is 10.5 Å². The van der Waals surface area contributed by atoms with Crippen LogP contribution in [-0.4, -0.2) is 58.1 Å². The fraction of sp³-hybridized carbons (Fsp3) is 0.333. The third-order valence-corrected chi connectivity index (χ3v) is 4.03. The Labute approximate surface area is 138 Å². The number of aliphatic imine (C=N–C) groups is 1. The molecule has 9 nitrogen and oxygen atoms in total. The Bertz CT molecular complexity index is 836. The molecule has 4 rings (SSSR count). The lowest BCUT2D eigenvalue weighted by molar-refractivity contribution is 0.0680. The molecular formula is C15H17N7O2. The number of fused-ring (bicyclic) bond motifs is 3. The van der Waals surface area contributed by atoms with Crippen molar-refractivity contribution in [1.82, 2.24) is 19.9 Å². The van der Waals surface area contributed by atoms with E-state index in [1.807, 2.05) is 25.1 Å². The van der Waals surface area contributed by atoms with Crippen LogP contribution in [-0.2, 0) is 4.74 Å². The van der Waals surface area contributed by atoms with Crippen molar-refractivity contribution in [1.29, 1.82) is 0 Å². The Morgan fingerprint density at radius 1 is 1.33 bits per heavy atom. The number of hydrogen-bond donors (Lipinski definition) is 2. The smallest absolute Gasteiger partial charge is 0.273 e. The lowest BCUT2D eigenvalue weighted by atomic mass is 10.2. The van der Waals surface area contributed by atoms with Crippen LogP contribution in [0.2, 0.25) is 0 Å². The summed E-state index contributed by atoms with van der Waals surface area (Å²) in [6.45, 7) is 4.68. The fourth-order valence-electron chi connectivity index (χ4n) is 2.81. The second-order valence-electron chi connectivity index (χ2n) is 5.72. The minimum Gasteiger partial charge on any atom is -0.378 e. The molecular weight excluding hydrogens is 310 g/mol. The summed E-state index contributed by atoms with van der Waals surface area (Å²) >= 11 is 0. The Balaban J connectivity index is 1.89. The zero-order chi connectivity index (χ0) is 16.7. The maximum atomic E-state index is 11.7. The summed E-state index contributed by atoms with van der Waals surface area (Å²) in [5.41, 5.74) is 8.19. The van der Waals surface area contributed by atoms with Crippen LogP contribution in [0.1, 0.15) is 16.1 Å². The minimum absolute atomic E-state index is 0.0518. The first-order valence-corrected chi connectivity index (χ1v) is 7.68. The molecule has 2 aliphatic heterocycles. The molecule has 1 saturated heterocycles. The standard InChI is InChI=1S/C15H17N7O2/c1-9-2-3-11-10(8-9)17-15(21-4-6-24-7-5-21)18-14-12(13(16)23)19-20-22(11)14/h2-3,8H,4-7H2,1H3,(H2,16,23)(H,17,18). The third kappa shape index (κ3) is 2.38. The monoisotopic (exact) mass is 327 g/mol. The average molecular weight is 327 g/mol. The first-order chi connectivity index (χ1) is 11.6. The highest BCUT2D eigenvalue weighted by atomic mass is 16.5. The largest absolute Gasteiger partial charge is 0.378 e. The van der Waals surface area contributed by atoms with Crippen LogP contribution in [0, 0.1) is 6.92 Å². The van der Waals surface area contributed by atoms with Gasteiger partial charge in [0, 0.05) is 13.1 Å². The van der Waals surface area contributed by atoms with Gasteiger partial charge in [0.1, 0.15) is 0 Å². The molecule has 0 saturated carbocycles. The normalized spacial score (nSPS) is 16.5. The average Bonchev–Trinajstić information content (AvgIpc) is 2.92. The summed E-state index contributed by atoms with van der Waals surface area (Å²) in [5.74, 6) is 0.310. The Morgan fingerprint density at radius 3 is 2.88 bits per heavy atom. The van der Waals surface area contributed by atoms with Crippen molar-refractivity contribution in [2.45, 2.75) is 6.92 Å². The van der Waals surface area contributed by atoms with Gasteiger partial charge in [0.2, 0.25) is 5.96 Å². The number of anilines is 1. The summed E-state index contributed by atoms with van der Waals surface area (Å²) in [6.07, 6.45) is 0. The van der Waals surface area contributed by atoms with Gasteiger partial charge >= 0.3 is 0 Å². The highest BCUT2D eigenvalue weighted by Gasteiger charge is 2.26. The Kier molecular flexibility index (Phi) is 3.42. The Morgan fingerprint density at radius 2 is 2.12 bits per heavy atom. The molecule has 9 heteroatoms. The first kappa shape index (κ1) is 14.6. The number of hydrogen-bond acceptors (Lipinski definition) is 7. The predicted octanol–water partition coefficient (Wildman–Crippen LogP) is 0.420. The van der Waals surface area contributed by atoms with Crippen LogP contribution >= 0.6 is 0 Å². The zero-order valence-corrected chi connectivity index (χ0v) is 13.2. The van der Waals surface area contributed by atoms with Crippen molar-refractivity contribution in [3.8, 4) is 5.69 Å². The van der Waals surface area contributed by atoms with Gasteiger partial charge in [0.15, 0.2) is 11.5 Å². The number of amides is 1. The SMILES string of the molecule is Cc1ccc2c(c1)NC(N1CCOCC1)=Nc1c(C(N)=O)nnn1-2. The van der Waals surface area contributed by atoms with Crippen LogP contribution in [0.5, 0.6) is 0 Å². The quantitative estimate of drug-likeness (QED) is 0.785. The number of carbonyl (C=O) groups is 1. The number of nitrogens with two attached hydrogens (primary N) is 1. The Hall–Kier alpha value is -2.94. The summed E-state index contributed by atoms with van der Waals surface area (Å²) in [6, 6.07) is 5.89. The van der Waals surface area contributed by atoms with Gasteiger partial charge in [0.25, 0.3) is 5.91 Å². The van der Waals surface area contributed by atoms with Gasteiger partial charge in [-0.3, -0.25) is 4.79 Å². The summed E-state index contributed by atoms with van der Waals surface area (Å²) < 4.78 is 6.94. The molecule has 0 bridgehead atoms. The second-order valence-corrected chi connectivity index (χ2v) is 5.72. The molecule has 1 aromatic heterocycles. The van der Waals surface area contributed by atoms with E-state index in [0.717, 1.165) is 16.9 Å². The molecule has 2 aromatic rings. The molecule has 0 spiro atoms. The number of guanidine groups is 1. The highest BCUT2D eigenvalue weighted by molar-refractivity contribution is 6.02. The maximum Gasteiger partial charge on any atom is 0.273 e.